The summed E-state index contributed by atoms with van der Waals surface area (Å²) in [5.41, 5.74) is 0. The molecule has 0 aromatic carbocycles. The lowest BCUT2D eigenvalue weighted by Crippen LogP contribution is -2.37. The number of likely N-dealkylation sites (N-methyl/N-ethyl adjacent to an activating group) is 1. The number of carbonyl (C=O) groups is 2. The standard InChI is InChI=1S/C85H164NO8P/c1-6-8-10-12-14-16-18-20-22-24-26-28-30-32-34-36-38-39-40-41-42-43-44-45-46-47-48-50-52-54-56-58-60-62-64-66-68-70-72-74-76-78-85(88)94-83(82-93-95(89,90)92-80-79-86(3,4)5)81-91-84(87)77-75-73-71-69-67-65-63-61-59-57-55-53-51-49-37-35-33-31-29-27-25-23-21-19-17-15-13-11-9-7-2/h18,20,24,26,30,32,83H,6-17,19,21-23,25,27-29,31,33-82H2,1-5H3/p+1/b20-18-,26-24-,32-30-. The van der Waals surface area contributed by atoms with E-state index in [0.717, 1.165) is 51.4 Å². The van der Waals surface area contributed by atoms with Crippen molar-refractivity contribution in [3.8, 4) is 0 Å². The number of unbranched alkanes of at least 4 members (excludes halogenated alkanes) is 60. The first-order valence-electron chi connectivity index (χ1n) is 42.2. The molecule has 0 aliphatic rings. The lowest BCUT2D eigenvalue weighted by molar-refractivity contribution is -0.870. The Kier molecular flexibility index (Phi) is 75.0. The number of carbonyl (C=O) groups excluding carboxylic acids is 2. The monoisotopic (exact) mass is 1360 g/mol. The zero-order chi connectivity index (χ0) is 69.0. The van der Waals surface area contributed by atoms with Gasteiger partial charge in [-0.2, -0.15) is 0 Å². The van der Waals surface area contributed by atoms with E-state index in [9.17, 15) is 19.0 Å². The van der Waals surface area contributed by atoms with Crippen LogP contribution in [0.15, 0.2) is 36.5 Å². The van der Waals surface area contributed by atoms with Gasteiger partial charge in [0, 0.05) is 12.8 Å². The van der Waals surface area contributed by atoms with E-state index in [2.05, 4.69) is 50.3 Å². The number of ether oxygens (including phenoxy) is 2. The molecule has 1 N–H and O–H groups in total. The summed E-state index contributed by atoms with van der Waals surface area (Å²) in [5, 5.41) is 0. The van der Waals surface area contributed by atoms with Crippen molar-refractivity contribution in [2.24, 2.45) is 0 Å². The summed E-state index contributed by atoms with van der Waals surface area (Å²) in [6.07, 6.45) is 100. The normalized spacial score (nSPS) is 13.1. The average molecular weight is 1360 g/mol. The summed E-state index contributed by atoms with van der Waals surface area (Å²) >= 11 is 0. The van der Waals surface area contributed by atoms with E-state index in [-0.39, 0.29) is 25.6 Å². The van der Waals surface area contributed by atoms with Crippen molar-refractivity contribution in [2.75, 3.05) is 47.5 Å². The van der Waals surface area contributed by atoms with Gasteiger partial charge < -0.3 is 18.9 Å². The molecule has 0 rings (SSSR count). The third-order valence-electron chi connectivity index (χ3n) is 19.4. The number of phosphoric ester groups is 1. The van der Waals surface area contributed by atoms with Gasteiger partial charge in [-0.15, -0.1) is 0 Å². The highest BCUT2D eigenvalue weighted by atomic mass is 31.2. The lowest BCUT2D eigenvalue weighted by atomic mass is 10.0. The summed E-state index contributed by atoms with van der Waals surface area (Å²) in [6, 6.07) is 0. The molecule has 0 aliphatic carbocycles. The highest BCUT2D eigenvalue weighted by molar-refractivity contribution is 7.47. The first kappa shape index (κ1) is 93.2. The van der Waals surface area contributed by atoms with Crippen LogP contribution in [0.2, 0.25) is 0 Å². The van der Waals surface area contributed by atoms with Crippen LogP contribution in [0.1, 0.15) is 444 Å². The van der Waals surface area contributed by atoms with Crippen LogP contribution in [0.3, 0.4) is 0 Å². The highest BCUT2D eigenvalue weighted by Gasteiger charge is 2.27. The number of quaternary nitrogens is 1. The summed E-state index contributed by atoms with van der Waals surface area (Å²) < 4.78 is 34.9. The molecular weight excluding hydrogens is 1190 g/mol. The van der Waals surface area contributed by atoms with Crippen LogP contribution < -0.4 is 0 Å². The Morgan fingerprint density at radius 1 is 0.326 bits per heavy atom. The van der Waals surface area contributed by atoms with E-state index in [1.165, 1.54) is 366 Å². The van der Waals surface area contributed by atoms with Crippen molar-refractivity contribution in [2.45, 2.75) is 450 Å². The molecule has 95 heavy (non-hydrogen) atoms. The van der Waals surface area contributed by atoms with Gasteiger partial charge in [0.15, 0.2) is 6.10 Å². The van der Waals surface area contributed by atoms with Crippen molar-refractivity contribution in [1.29, 1.82) is 0 Å². The minimum Gasteiger partial charge on any atom is -0.462 e. The summed E-state index contributed by atoms with van der Waals surface area (Å²) in [6.45, 7) is 4.51. The maximum Gasteiger partial charge on any atom is 0.472 e. The Hall–Kier alpha value is -1.77. The Morgan fingerprint density at radius 2 is 0.568 bits per heavy atom. The number of esters is 2. The Bertz CT molecular complexity index is 1690. The molecule has 0 fully saturated rings. The molecule has 562 valence electrons. The van der Waals surface area contributed by atoms with Gasteiger partial charge in [0.25, 0.3) is 0 Å². The lowest BCUT2D eigenvalue weighted by Gasteiger charge is -2.24. The van der Waals surface area contributed by atoms with E-state index in [1.807, 2.05) is 21.1 Å². The van der Waals surface area contributed by atoms with Gasteiger partial charge in [-0.25, -0.2) is 4.57 Å². The van der Waals surface area contributed by atoms with E-state index in [4.69, 9.17) is 18.5 Å². The van der Waals surface area contributed by atoms with Gasteiger partial charge in [0.1, 0.15) is 19.8 Å². The quantitative estimate of drug-likeness (QED) is 0.0211. The Labute approximate surface area is 592 Å². The van der Waals surface area contributed by atoms with E-state index >= 15 is 0 Å². The molecule has 0 saturated carbocycles. The summed E-state index contributed by atoms with van der Waals surface area (Å²) in [4.78, 5) is 36.0. The number of hydrogen-bond acceptors (Lipinski definition) is 7. The van der Waals surface area contributed by atoms with Crippen molar-refractivity contribution < 1.29 is 42.1 Å². The summed E-state index contributed by atoms with van der Waals surface area (Å²) in [7, 11) is 1.51. The number of allylic oxidation sites excluding steroid dienone is 6. The molecule has 0 aromatic rings. The van der Waals surface area contributed by atoms with Crippen LogP contribution in [0.4, 0.5) is 0 Å². The van der Waals surface area contributed by atoms with Crippen LogP contribution in [0, 0.1) is 0 Å². The van der Waals surface area contributed by atoms with E-state index < -0.39 is 26.5 Å². The number of phosphoric acid groups is 1. The fourth-order valence-corrected chi connectivity index (χ4v) is 13.7. The Morgan fingerprint density at radius 3 is 0.842 bits per heavy atom. The second-order valence-electron chi connectivity index (χ2n) is 30.2. The maximum atomic E-state index is 12.9. The van der Waals surface area contributed by atoms with Gasteiger partial charge in [0.2, 0.25) is 0 Å². The van der Waals surface area contributed by atoms with Crippen molar-refractivity contribution in [3.05, 3.63) is 36.5 Å². The van der Waals surface area contributed by atoms with Gasteiger partial charge in [-0.05, 0) is 51.4 Å². The molecule has 0 spiro atoms. The minimum absolute atomic E-state index is 0.0361. The molecular formula is C85H165NO8P+. The van der Waals surface area contributed by atoms with E-state index in [0.29, 0.717) is 17.4 Å². The van der Waals surface area contributed by atoms with Crippen molar-refractivity contribution in [1.82, 2.24) is 0 Å². The first-order chi connectivity index (χ1) is 46.5. The van der Waals surface area contributed by atoms with Crippen LogP contribution in [0.25, 0.3) is 0 Å². The number of nitrogens with zero attached hydrogens (tertiary/aromatic N) is 1. The minimum atomic E-state index is -4.39. The van der Waals surface area contributed by atoms with Crippen molar-refractivity contribution >= 4 is 19.8 Å². The average Bonchev–Trinajstić information content (AvgIpc) is 1.81. The predicted octanol–water partition coefficient (Wildman–Crippen LogP) is 28.1. The van der Waals surface area contributed by atoms with Gasteiger partial charge in [0.05, 0.1) is 27.7 Å². The number of hydrogen-bond donors (Lipinski definition) is 1. The van der Waals surface area contributed by atoms with Crippen LogP contribution >= 0.6 is 7.82 Å². The molecule has 0 bridgehead atoms. The van der Waals surface area contributed by atoms with Gasteiger partial charge in [-0.1, -0.05) is 416 Å². The maximum absolute atomic E-state index is 12.9. The second kappa shape index (κ2) is 76.4. The van der Waals surface area contributed by atoms with Gasteiger partial charge >= 0.3 is 19.8 Å². The summed E-state index contributed by atoms with van der Waals surface area (Å²) in [5.74, 6) is -0.768. The zero-order valence-electron chi connectivity index (χ0n) is 64.4. The fraction of sp³-hybridized carbons (Fsp3) is 0.906. The smallest absolute Gasteiger partial charge is 0.462 e. The Balaban J connectivity index is 3.86. The molecule has 2 atom stereocenters. The van der Waals surface area contributed by atoms with E-state index in [1.54, 1.807) is 0 Å². The molecule has 10 heteroatoms. The molecule has 0 aliphatic heterocycles. The molecule has 0 radical (unpaired) electrons. The first-order valence-corrected chi connectivity index (χ1v) is 43.7. The fourth-order valence-electron chi connectivity index (χ4n) is 13.0. The molecule has 0 aromatic heterocycles. The SMILES string of the molecule is CCCCCCC/C=C\C/C=C\C/C=C\CCCCCCCCCCCCCCCCCCCCCCCCCCCCC(=O)OC(COC(=O)CCCCCCCCCCCCCCCCCCCCCCCCCCCCCCCC)COP(=O)(O)OCC[N+](C)(C)C. The van der Waals surface area contributed by atoms with Crippen LogP contribution in [-0.2, 0) is 32.7 Å². The van der Waals surface area contributed by atoms with Crippen molar-refractivity contribution in [3.63, 3.8) is 0 Å². The largest absolute Gasteiger partial charge is 0.472 e. The predicted molar refractivity (Wildman–Crippen MR) is 414 cm³/mol. The highest BCUT2D eigenvalue weighted by Crippen LogP contribution is 2.43. The zero-order valence-corrected chi connectivity index (χ0v) is 65.3. The molecule has 9 nitrogen and oxygen atoms in total. The number of rotatable bonds is 80. The second-order valence-corrected chi connectivity index (χ2v) is 31.7. The third kappa shape index (κ3) is 81.1. The topological polar surface area (TPSA) is 108 Å². The molecule has 0 saturated heterocycles. The van der Waals surface area contributed by atoms with Crippen LogP contribution in [0.5, 0.6) is 0 Å². The molecule has 0 heterocycles. The van der Waals surface area contributed by atoms with Crippen LogP contribution in [-0.4, -0.2) is 74.9 Å². The molecule has 0 amide bonds. The van der Waals surface area contributed by atoms with Gasteiger partial charge in [-0.3, -0.25) is 18.6 Å². The molecule has 2 unspecified atom stereocenters. The third-order valence-corrected chi connectivity index (χ3v) is 20.4.